The molecule has 1 aliphatic carbocycles. The molecule has 23 heavy (non-hydrogen) atoms. The highest BCUT2D eigenvalue weighted by atomic mass is 16.5. The van der Waals surface area contributed by atoms with Gasteiger partial charge in [0.25, 0.3) is 0 Å². The summed E-state index contributed by atoms with van der Waals surface area (Å²) in [6.45, 7) is 6.12. The molecule has 1 saturated heterocycles. The van der Waals surface area contributed by atoms with Crippen molar-refractivity contribution in [2.24, 2.45) is 17.8 Å². The summed E-state index contributed by atoms with van der Waals surface area (Å²) in [4.78, 5) is 18.9. The van der Waals surface area contributed by atoms with E-state index in [9.17, 15) is 4.79 Å². The third kappa shape index (κ3) is 4.04. The lowest BCUT2D eigenvalue weighted by Crippen LogP contribution is -2.37. The summed E-state index contributed by atoms with van der Waals surface area (Å²) in [6.07, 6.45) is 7.25. The van der Waals surface area contributed by atoms with Gasteiger partial charge in [0.2, 0.25) is 11.8 Å². The summed E-state index contributed by atoms with van der Waals surface area (Å²) >= 11 is 0. The number of ether oxygens (including phenoxy) is 1. The monoisotopic (exact) mass is 316 g/mol. The average molecular weight is 316 g/mol. The van der Waals surface area contributed by atoms with Gasteiger partial charge in [0.05, 0.1) is 6.54 Å². The molecule has 1 aliphatic heterocycles. The molecule has 4 nitrogen and oxygen atoms in total. The summed E-state index contributed by atoms with van der Waals surface area (Å²) in [5.74, 6) is 2.79. The minimum absolute atomic E-state index is 0.0841. The molecular formula is C19H28N2O2. The second-order valence-electron chi connectivity index (χ2n) is 7.34. The van der Waals surface area contributed by atoms with Crippen molar-refractivity contribution >= 4 is 5.91 Å². The van der Waals surface area contributed by atoms with E-state index < -0.39 is 0 Å². The number of pyridine rings is 1. The topological polar surface area (TPSA) is 42.4 Å². The van der Waals surface area contributed by atoms with Gasteiger partial charge in [-0.2, -0.15) is 0 Å². The highest BCUT2D eigenvalue weighted by Gasteiger charge is 2.34. The molecular weight excluding hydrogens is 288 g/mol. The van der Waals surface area contributed by atoms with E-state index in [1.54, 1.807) is 6.20 Å². The Morgan fingerprint density at radius 1 is 1.22 bits per heavy atom. The zero-order valence-electron chi connectivity index (χ0n) is 14.3. The van der Waals surface area contributed by atoms with Crippen LogP contribution in [0.25, 0.3) is 0 Å². The van der Waals surface area contributed by atoms with Gasteiger partial charge in [-0.1, -0.05) is 19.9 Å². The van der Waals surface area contributed by atoms with Gasteiger partial charge in [0, 0.05) is 31.1 Å². The van der Waals surface area contributed by atoms with Gasteiger partial charge < -0.3 is 9.64 Å². The summed E-state index contributed by atoms with van der Waals surface area (Å²) in [5.41, 5.74) is 0. The quantitative estimate of drug-likeness (QED) is 0.853. The Morgan fingerprint density at radius 2 is 2.00 bits per heavy atom. The standard InChI is InChI=1S/C19H28N2O2/c1-14(2)15-6-8-16(9-7-15)19(22)21-12-10-17(13-21)23-18-5-3-4-11-20-18/h3-5,11,14-17H,6-10,12-13H2,1-2H3. The van der Waals surface area contributed by atoms with Crippen LogP contribution in [0, 0.1) is 17.8 Å². The van der Waals surface area contributed by atoms with Crippen molar-refractivity contribution in [3.05, 3.63) is 24.4 Å². The van der Waals surface area contributed by atoms with E-state index in [2.05, 4.69) is 18.8 Å². The molecule has 2 heterocycles. The van der Waals surface area contributed by atoms with Gasteiger partial charge in [-0.05, 0) is 43.6 Å². The van der Waals surface area contributed by atoms with Crippen molar-refractivity contribution in [1.82, 2.24) is 9.88 Å². The fourth-order valence-electron chi connectivity index (χ4n) is 3.90. The number of amides is 1. The first-order chi connectivity index (χ1) is 11.1. The van der Waals surface area contributed by atoms with Gasteiger partial charge in [0.15, 0.2) is 0 Å². The van der Waals surface area contributed by atoms with E-state index in [-0.39, 0.29) is 12.0 Å². The molecule has 4 heteroatoms. The summed E-state index contributed by atoms with van der Waals surface area (Å²) in [5, 5.41) is 0. The van der Waals surface area contributed by atoms with Gasteiger partial charge >= 0.3 is 0 Å². The Labute approximate surface area is 139 Å². The lowest BCUT2D eigenvalue weighted by atomic mass is 9.76. The maximum absolute atomic E-state index is 12.7. The maximum Gasteiger partial charge on any atom is 0.225 e. The van der Waals surface area contributed by atoms with E-state index >= 15 is 0 Å². The van der Waals surface area contributed by atoms with Crippen LogP contribution in [0.3, 0.4) is 0 Å². The molecule has 0 N–H and O–H groups in total. The second kappa shape index (κ2) is 7.33. The molecule has 126 valence electrons. The van der Waals surface area contributed by atoms with Crippen LogP contribution in [0.2, 0.25) is 0 Å². The smallest absolute Gasteiger partial charge is 0.225 e. The molecule has 2 aliphatic rings. The highest BCUT2D eigenvalue weighted by molar-refractivity contribution is 5.79. The number of aromatic nitrogens is 1. The van der Waals surface area contributed by atoms with Crippen LogP contribution in [0.15, 0.2) is 24.4 Å². The van der Waals surface area contributed by atoms with Crippen molar-refractivity contribution in [2.75, 3.05) is 13.1 Å². The Bertz CT molecular complexity index is 509. The number of rotatable bonds is 4. The van der Waals surface area contributed by atoms with Crippen molar-refractivity contribution in [3.63, 3.8) is 0 Å². The molecule has 1 aromatic heterocycles. The molecule has 1 aromatic rings. The van der Waals surface area contributed by atoms with Crippen molar-refractivity contribution < 1.29 is 9.53 Å². The predicted molar refractivity (Wildman–Crippen MR) is 90.1 cm³/mol. The number of likely N-dealkylation sites (tertiary alicyclic amines) is 1. The molecule has 1 amide bonds. The van der Waals surface area contributed by atoms with Crippen LogP contribution >= 0.6 is 0 Å². The number of nitrogens with zero attached hydrogens (tertiary/aromatic N) is 2. The third-order valence-corrected chi connectivity index (χ3v) is 5.45. The van der Waals surface area contributed by atoms with Crippen LogP contribution in [0.4, 0.5) is 0 Å². The van der Waals surface area contributed by atoms with E-state index in [0.29, 0.717) is 18.3 Å². The van der Waals surface area contributed by atoms with E-state index in [1.165, 1.54) is 12.8 Å². The maximum atomic E-state index is 12.7. The Hall–Kier alpha value is -1.58. The molecule has 1 unspecified atom stereocenters. The predicted octanol–water partition coefficient (Wildman–Crippen LogP) is 3.52. The third-order valence-electron chi connectivity index (χ3n) is 5.45. The normalized spacial score (nSPS) is 28.1. The first kappa shape index (κ1) is 16.3. The van der Waals surface area contributed by atoms with Crippen LogP contribution in [0.1, 0.15) is 46.0 Å². The molecule has 0 spiro atoms. The average Bonchev–Trinajstić information content (AvgIpc) is 3.03. The first-order valence-electron chi connectivity index (χ1n) is 9.00. The molecule has 3 rings (SSSR count). The number of hydrogen-bond donors (Lipinski definition) is 0. The number of carbonyl (C=O) groups excluding carboxylic acids is 1. The van der Waals surface area contributed by atoms with Gasteiger partial charge in [0.1, 0.15) is 6.10 Å². The van der Waals surface area contributed by atoms with Crippen LogP contribution in [-0.4, -0.2) is 35.0 Å². The molecule has 0 bridgehead atoms. The fraction of sp³-hybridized carbons (Fsp3) is 0.684. The minimum atomic E-state index is 0.0841. The number of hydrogen-bond acceptors (Lipinski definition) is 3. The second-order valence-corrected chi connectivity index (χ2v) is 7.34. The van der Waals surface area contributed by atoms with E-state index in [4.69, 9.17) is 4.74 Å². The molecule has 0 aromatic carbocycles. The SMILES string of the molecule is CC(C)C1CCC(C(=O)N2CCC(Oc3ccccn3)C2)CC1. The van der Waals surface area contributed by atoms with Crippen LogP contribution < -0.4 is 4.74 Å². The number of carbonyl (C=O) groups is 1. The lowest BCUT2D eigenvalue weighted by Gasteiger charge is -2.32. The van der Waals surface area contributed by atoms with Gasteiger partial charge in [-0.15, -0.1) is 0 Å². The molecule has 1 saturated carbocycles. The zero-order valence-corrected chi connectivity index (χ0v) is 14.3. The van der Waals surface area contributed by atoms with Crippen molar-refractivity contribution in [3.8, 4) is 5.88 Å². The lowest BCUT2D eigenvalue weighted by molar-refractivity contribution is -0.136. The van der Waals surface area contributed by atoms with Crippen LogP contribution in [0.5, 0.6) is 5.88 Å². The fourth-order valence-corrected chi connectivity index (χ4v) is 3.90. The summed E-state index contributed by atoms with van der Waals surface area (Å²) in [7, 11) is 0. The summed E-state index contributed by atoms with van der Waals surface area (Å²) in [6, 6.07) is 5.68. The van der Waals surface area contributed by atoms with E-state index in [0.717, 1.165) is 37.6 Å². The first-order valence-corrected chi connectivity index (χ1v) is 9.00. The molecule has 2 fully saturated rings. The van der Waals surface area contributed by atoms with Gasteiger partial charge in [-0.25, -0.2) is 4.98 Å². The van der Waals surface area contributed by atoms with Crippen LogP contribution in [-0.2, 0) is 4.79 Å². The Morgan fingerprint density at radius 3 is 2.65 bits per heavy atom. The largest absolute Gasteiger partial charge is 0.472 e. The summed E-state index contributed by atoms with van der Waals surface area (Å²) < 4.78 is 5.89. The highest BCUT2D eigenvalue weighted by Crippen LogP contribution is 2.34. The van der Waals surface area contributed by atoms with E-state index in [1.807, 2.05) is 23.1 Å². The Balaban J connectivity index is 1.48. The molecule has 0 radical (unpaired) electrons. The molecule has 1 atom stereocenters. The minimum Gasteiger partial charge on any atom is -0.472 e. The zero-order chi connectivity index (χ0) is 16.2. The van der Waals surface area contributed by atoms with Crippen molar-refractivity contribution in [2.45, 2.75) is 52.1 Å². The van der Waals surface area contributed by atoms with Gasteiger partial charge in [-0.3, -0.25) is 4.79 Å². The Kier molecular flexibility index (Phi) is 5.19. The van der Waals surface area contributed by atoms with Crippen molar-refractivity contribution in [1.29, 1.82) is 0 Å².